The van der Waals surface area contributed by atoms with Gasteiger partial charge in [-0.3, -0.25) is 5.41 Å². The fourth-order valence-corrected chi connectivity index (χ4v) is 2.06. The van der Waals surface area contributed by atoms with Gasteiger partial charge in [-0.1, -0.05) is 6.92 Å². The molecule has 4 nitrogen and oxygen atoms in total. The summed E-state index contributed by atoms with van der Waals surface area (Å²) in [5, 5.41) is 10.8. The van der Waals surface area contributed by atoms with Gasteiger partial charge in [0, 0.05) is 12.2 Å². The molecule has 1 aliphatic rings. The number of fused-ring (bicyclic) bond motifs is 1. The van der Waals surface area contributed by atoms with Gasteiger partial charge in [-0.15, -0.1) is 0 Å². The first-order chi connectivity index (χ1) is 7.72. The molecule has 86 valence electrons. The highest BCUT2D eigenvalue weighted by Crippen LogP contribution is 2.25. The lowest BCUT2D eigenvalue weighted by Crippen LogP contribution is -2.17. The standard InChI is InChI=1S/C12H18N4/c1-2-6-15-12-9(11(13)14)7-8-4-3-5-10(8)16-12/h7H,2-6H2,1H3,(H3,13,14)(H,15,16). The molecule has 16 heavy (non-hydrogen) atoms. The molecule has 1 heterocycles. The minimum absolute atomic E-state index is 0.0980. The van der Waals surface area contributed by atoms with Crippen LogP contribution >= 0.6 is 0 Å². The van der Waals surface area contributed by atoms with Crippen molar-refractivity contribution < 1.29 is 0 Å². The number of hydrogen-bond donors (Lipinski definition) is 3. The Morgan fingerprint density at radius 3 is 3.06 bits per heavy atom. The Morgan fingerprint density at radius 2 is 2.38 bits per heavy atom. The van der Waals surface area contributed by atoms with E-state index in [1.807, 2.05) is 6.07 Å². The predicted octanol–water partition coefficient (Wildman–Crippen LogP) is 1.68. The van der Waals surface area contributed by atoms with Gasteiger partial charge in [-0.25, -0.2) is 4.98 Å². The number of rotatable bonds is 4. The smallest absolute Gasteiger partial charge is 0.137 e. The van der Waals surface area contributed by atoms with Crippen molar-refractivity contribution >= 4 is 11.7 Å². The minimum atomic E-state index is 0.0980. The van der Waals surface area contributed by atoms with E-state index in [9.17, 15) is 0 Å². The number of amidine groups is 1. The van der Waals surface area contributed by atoms with Crippen molar-refractivity contribution in [3.63, 3.8) is 0 Å². The second-order valence-corrected chi connectivity index (χ2v) is 4.18. The fraction of sp³-hybridized carbons (Fsp3) is 0.500. The van der Waals surface area contributed by atoms with E-state index in [2.05, 4.69) is 17.2 Å². The number of nitrogens with one attached hydrogen (secondary N) is 2. The molecule has 0 saturated carbocycles. The van der Waals surface area contributed by atoms with Crippen molar-refractivity contribution in [1.29, 1.82) is 5.41 Å². The van der Waals surface area contributed by atoms with E-state index in [0.29, 0.717) is 0 Å². The van der Waals surface area contributed by atoms with Gasteiger partial charge in [-0.05, 0) is 37.3 Å². The number of pyridine rings is 1. The average Bonchev–Trinajstić information content (AvgIpc) is 2.71. The Balaban J connectivity index is 2.36. The number of aryl methyl sites for hydroxylation is 2. The monoisotopic (exact) mass is 218 g/mol. The van der Waals surface area contributed by atoms with Crippen LogP contribution in [0.1, 0.15) is 36.6 Å². The third kappa shape index (κ3) is 2.01. The Hall–Kier alpha value is -1.58. The SMILES string of the molecule is CCCNc1nc2c(cc1C(=N)N)CCC2. The van der Waals surface area contributed by atoms with Gasteiger partial charge in [0.15, 0.2) is 0 Å². The Morgan fingerprint density at radius 1 is 1.56 bits per heavy atom. The van der Waals surface area contributed by atoms with Gasteiger partial charge in [0.05, 0.1) is 5.56 Å². The van der Waals surface area contributed by atoms with Gasteiger partial charge in [0.1, 0.15) is 11.7 Å². The zero-order valence-electron chi connectivity index (χ0n) is 9.64. The highest BCUT2D eigenvalue weighted by Gasteiger charge is 2.17. The molecule has 0 radical (unpaired) electrons. The molecule has 0 atom stereocenters. The van der Waals surface area contributed by atoms with E-state index in [0.717, 1.165) is 43.6 Å². The summed E-state index contributed by atoms with van der Waals surface area (Å²) in [6.45, 7) is 2.97. The molecule has 2 rings (SSSR count). The van der Waals surface area contributed by atoms with Crippen molar-refractivity contribution in [3.8, 4) is 0 Å². The fourth-order valence-electron chi connectivity index (χ4n) is 2.06. The molecule has 4 N–H and O–H groups in total. The minimum Gasteiger partial charge on any atom is -0.384 e. The first kappa shape index (κ1) is 10.9. The first-order valence-corrected chi connectivity index (χ1v) is 5.83. The van der Waals surface area contributed by atoms with Crippen LogP contribution < -0.4 is 11.1 Å². The van der Waals surface area contributed by atoms with Crippen LogP contribution in [0.25, 0.3) is 0 Å². The summed E-state index contributed by atoms with van der Waals surface area (Å²) < 4.78 is 0. The molecule has 0 aromatic carbocycles. The lowest BCUT2D eigenvalue weighted by atomic mass is 10.1. The van der Waals surface area contributed by atoms with Gasteiger partial charge >= 0.3 is 0 Å². The van der Waals surface area contributed by atoms with E-state index < -0.39 is 0 Å². The quantitative estimate of drug-likeness (QED) is 0.531. The lowest BCUT2D eigenvalue weighted by molar-refractivity contribution is 0.897. The van der Waals surface area contributed by atoms with Crippen LogP contribution in [-0.4, -0.2) is 17.4 Å². The van der Waals surface area contributed by atoms with E-state index in [-0.39, 0.29) is 5.84 Å². The van der Waals surface area contributed by atoms with Crippen LogP contribution in [0.15, 0.2) is 6.07 Å². The summed E-state index contributed by atoms with van der Waals surface area (Å²) in [6.07, 6.45) is 4.32. The summed E-state index contributed by atoms with van der Waals surface area (Å²) in [5.41, 5.74) is 8.75. The predicted molar refractivity (Wildman–Crippen MR) is 66.1 cm³/mol. The van der Waals surface area contributed by atoms with Gasteiger partial charge < -0.3 is 11.1 Å². The zero-order chi connectivity index (χ0) is 11.5. The Kier molecular flexibility index (Phi) is 3.08. The van der Waals surface area contributed by atoms with Crippen molar-refractivity contribution in [2.45, 2.75) is 32.6 Å². The van der Waals surface area contributed by atoms with Crippen LogP contribution in [-0.2, 0) is 12.8 Å². The largest absolute Gasteiger partial charge is 0.384 e. The third-order valence-corrected chi connectivity index (χ3v) is 2.88. The highest BCUT2D eigenvalue weighted by molar-refractivity contribution is 5.99. The number of nitrogens with two attached hydrogens (primary N) is 1. The first-order valence-electron chi connectivity index (χ1n) is 5.83. The number of nitrogens with zero attached hydrogens (tertiary/aromatic N) is 1. The molecule has 0 bridgehead atoms. The number of aromatic nitrogens is 1. The zero-order valence-corrected chi connectivity index (χ0v) is 9.64. The maximum absolute atomic E-state index is 7.57. The molecule has 1 aromatic heterocycles. The number of hydrogen-bond acceptors (Lipinski definition) is 3. The van der Waals surface area contributed by atoms with Crippen LogP contribution in [0, 0.1) is 5.41 Å². The van der Waals surface area contributed by atoms with Gasteiger partial charge in [0.25, 0.3) is 0 Å². The molecule has 0 aliphatic heterocycles. The second kappa shape index (κ2) is 4.51. The van der Waals surface area contributed by atoms with Crippen molar-refractivity contribution in [1.82, 2.24) is 4.98 Å². The molecule has 0 fully saturated rings. The summed E-state index contributed by atoms with van der Waals surface area (Å²) in [5.74, 6) is 0.871. The van der Waals surface area contributed by atoms with E-state index in [1.165, 1.54) is 11.3 Å². The number of nitrogen functional groups attached to an aromatic ring is 1. The maximum Gasteiger partial charge on any atom is 0.137 e. The molecule has 1 aliphatic carbocycles. The van der Waals surface area contributed by atoms with Crippen LogP contribution in [0.2, 0.25) is 0 Å². The Bertz CT molecular complexity index is 412. The van der Waals surface area contributed by atoms with Gasteiger partial charge in [-0.2, -0.15) is 0 Å². The third-order valence-electron chi connectivity index (χ3n) is 2.88. The molecule has 0 saturated heterocycles. The second-order valence-electron chi connectivity index (χ2n) is 4.18. The molecule has 0 amide bonds. The molecule has 0 spiro atoms. The van der Waals surface area contributed by atoms with Crippen molar-refractivity contribution in [2.75, 3.05) is 11.9 Å². The van der Waals surface area contributed by atoms with Crippen LogP contribution in [0.5, 0.6) is 0 Å². The summed E-state index contributed by atoms with van der Waals surface area (Å²) >= 11 is 0. The van der Waals surface area contributed by atoms with Crippen LogP contribution in [0.3, 0.4) is 0 Å². The molecule has 4 heteroatoms. The van der Waals surface area contributed by atoms with Gasteiger partial charge in [0.2, 0.25) is 0 Å². The topological polar surface area (TPSA) is 74.8 Å². The molecule has 0 unspecified atom stereocenters. The van der Waals surface area contributed by atoms with Crippen molar-refractivity contribution in [2.24, 2.45) is 5.73 Å². The van der Waals surface area contributed by atoms with E-state index >= 15 is 0 Å². The van der Waals surface area contributed by atoms with Crippen molar-refractivity contribution in [3.05, 3.63) is 22.9 Å². The summed E-state index contributed by atoms with van der Waals surface area (Å²) in [7, 11) is 0. The van der Waals surface area contributed by atoms with Crippen LogP contribution in [0.4, 0.5) is 5.82 Å². The maximum atomic E-state index is 7.57. The normalized spacial score (nSPS) is 13.6. The average molecular weight is 218 g/mol. The molecular weight excluding hydrogens is 200 g/mol. The van der Waals surface area contributed by atoms with E-state index in [1.54, 1.807) is 0 Å². The number of anilines is 1. The highest BCUT2D eigenvalue weighted by atomic mass is 15.0. The Labute approximate surface area is 95.8 Å². The molecule has 1 aromatic rings. The van der Waals surface area contributed by atoms with E-state index in [4.69, 9.17) is 11.1 Å². The lowest BCUT2D eigenvalue weighted by Gasteiger charge is -2.11. The molecular formula is C12H18N4. The summed E-state index contributed by atoms with van der Waals surface area (Å²) in [6, 6.07) is 2.02. The summed E-state index contributed by atoms with van der Waals surface area (Å²) in [4.78, 5) is 4.58.